The van der Waals surface area contributed by atoms with Gasteiger partial charge in [0.2, 0.25) is 0 Å². The van der Waals surface area contributed by atoms with E-state index < -0.39 is 0 Å². The Hall–Kier alpha value is -1.06. The normalized spacial score (nSPS) is 23.2. The monoisotopic (exact) mass is 261 g/mol. The van der Waals surface area contributed by atoms with Gasteiger partial charge in [-0.05, 0) is 52.5 Å². The molecule has 0 aliphatic carbocycles. The van der Waals surface area contributed by atoms with Gasteiger partial charge < -0.3 is 15.1 Å². The first-order chi connectivity index (χ1) is 9.13. The van der Waals surface area contributed by atoms with Crippen molar-refractivity contribution in [1.82, 2.24) is 10.2 Å². The molecule has 0 bridgehead atoms. The highest BCUT2D eigenvalue weighted by molar-refractivity contribution is 5.55. The molecule has 2 rings (SSSR count). The summed E-state index contributed by atoms with van der Waals surface area (Å²) in [5, 5.41) is 3.36. The van der Waals surface area contributed by atoms with Crippen LogP contribution in [0.3, 0.4) is 0 Å². The van der Waals surface area contributed by atoms with Crippen LogP contribution in [0.15, 0.2) is 24.3 Å². The fourth-order valence-electron chi connectivity index (χ4n) is 3.00. The molecular weight excluding hydrogens is 234 g/mol. The molecule has 3 nitrogen and oxygen atoms in total. The molecule has 0 aromatic heterocycles. The van der Waals surface area contributed by atoms with Gasteiger partial charge in [0.05, 0.1) is 0 Å². The Kier molecular flexibility index (Phi) is 4.83. The van der Waals surface area contributed by atoms with Gasteiger partial charge in [-0.3, -0.25) is 0 Å². The molecule has 1 aromatic carbocycles. The zero-order chi connectivity index (χ0) is 13.8. The van der Waals surface area contributed by atoms with E-state index in [0.717, 1.165) is 13.1 Å². The number of hydrogen-bond donors (Lipinski definition) is 1. The van der Waals surface area contributed by atoms with Crippen LogP contribution in [0.1, 0.15) is 31.9 Å². The average Bonchev–Trinajstić information content (AvgIpc) is 2.58. The first-order valence-corrected chi connectivity index (χ1v) is 7.35. The van der Waals surface area contributed by atoms with Gasteiger partial charge in [-0.25, -0.2) is 0 Å². The summed E-state index contributed by atoms with van der Waals surface area (Å²) in [6.45, 7) is 8.06. The fraction of sp³-hybridized carbons (Fsp3) is 0.625. The van der Waals surface area contributed by atoms with E-state index >= 15 is 0 Å². The van der Waals surface area contributed by atoms with E-state index in [1.807, 2.05) is 7.05 Å². The van der Waals surface area contributed by atoms with Crippen LogP contribution < -0.4 is 10.2 Å². The Morgan fingerprint density at radius 3 is 2.74 bits per heavy atom. The average molecular weight is 261 g/mol. The molecule has 0 amide bonds. The highest BCUT2D eigenvalue weighted by Crippen LogP contribution is 2.28. The van der Waals surface area contributed by atoms with Gasteiger partial charge in [-0.15, -0.1) is 0 Å². The molecule has 1 aromatic rings. The van der Waals surface area contributed by atoms with Crippen molar-refractivity contribution in [1.29, 1.82) is 0 Å². The maximum absolute atomic E-state index is 3.36. The highest BCUT2D eigenvalue weighted by atomic mass is 15.2. The predicted octanol–water partition coefficient (Wildman–Crippen LogP) is 2.50. The van der Waals surface area contributed by atoms with Crippen LogP contribution in [0, 0.1) is 0 Å². The van der Waals surface area contributed by atoms with E-state index in [-0.39, 0.29) is 0 Å². The minimum absolute atomic E-state index is 0.393. The van der Waals surface area contributed by atoms with E-state index in [1.54, 1.807) is 0 Å². The predicted molar refractivity (Wildman–Crippen MR) is 82.8 cm³/mol. The quantitative estimate of drug-likeness (QED) is 0.902. The first-order valence-electron chi connectivity index (χ1n) is 7.35. The minimum Gasteiger partial charge on any atom is -0.367 e. The van der Waals surface area contributed by atoms with Gasteiger partial charge >= 0.3 is 0 Å². The van der Waals surface area contributed by atoms with Gasteiger partial charge in [-0.1, -0.05) is 18.2 Å². The lowest BCUT2D eigenvalue weighted by Crippen LogP contribution is -2.38. The second-order valence-electron chi connectivity index (χ2n) is 5.73. The summed E-state index contributed by atoms with van der Waals surface area (Å²) in [7, 11) is 4.25. The van der Waals surface area contributed by atoms with Crippen molar-refractivity contribution in [3.05, 3.63) is 29.8 Å². The number of hydrogen-bond acceptors (Lipinski definition) is 3. The summed E-state index contributed by atoms with van der Waals surface area (Å²) in [5.74, 6) is 0. The molecule has 0 saturated carbocycles. The topological polar surface area (TPSA) is 18.5 Å². The molecule has 2 unspecified atom stereocenters. The van der Waals surface area contributed by atoms with E-state index in [2.05, 4.69) is 60.3 Å². The van der Waals surface area contributed by atoms with Gasteiger partial charge in [0.25, 0.3) is 0 Å². The zero-order valence-corrected chi connectivity index (χ0v) is 12.7. The lowest BCUT2D eigenvalue weighted by atomic mass is 10.0. The van der Waals surface area contributed by atoms with Crippen LogP contribution in [0.4, 0.5) is 5.69 Å². The number of benzene rings is 1. The van der Waals surface area contributed by atoms with Crippen molar-refractivity contribution in [2.24, 2.45) is 0 Å². The van der Waals surface area contributed by atoms with Crippen LogP contribution in [0.2, 0.25) is 0 Å². The van der Waals surface area contributed by atoms with E-state index in [4.69, 9.17) is 0 Å². The standard InChI is InChI=1S/C16H27N3/c1-13-12-18(4)10-7-11-19(13)16-9-6-5-8-15(16)14(2)17-3/h5-6,8-9,13-14,17H,7,10-12H2,1-4H3. The maximum Gasteiger partial charge on any atom is 0.0417 e. The summed E-state index contributed by atoms with van der Waals surface area (Å²) in [6.07, 6.45) is 1.24. The van der Waals surface area contributed by atoms with Crippen molar-refractivity contribution >= 4 is 5.69 Å². The van der Waals surface area contributed by atoms with E-state index in [9.17, 15) is 0 Å². The Balaban J connectivity index is 2.29. The van der Waals surface area contributed by atoms with Crippen LogP contribution >= 0.6 is 0 Å². The molecule has 1 saturated heterocycles. The largest absolute Gasteiger partial charge is 0.367 e. The lowest BCUT2D eigenvalue weighted by Gasteiger charge is -2.33. The third-order valence-electron chi connectivity index (χ3n) is 4.19. The summed E-state index contributed by atoms with van der Waals surface area (Å²) >= 11 is 0. The molecule has 1 fully saturated rings. The molecule has 2 atom stereocenters. The van der Waals surface area contributed by atoms with Gasteiger partial charge in [0.15, 0.2) is 0 Å². The Bertz CT molecular complexity index is 405. The van der Waals surface area contributed by atoms with Gasteiger partial charge in [-0.2, -0.15) is 0 Å². The van der Waals surface area contributed by atoms with Crippen LogP contribution in [-0.2, 0) is 0 Å². The summed E-state index contributed by atoms with van der Waals surface area (Å²) < 4.78 is 0. The van der Waals surface area contributed by atoms with Gasteiger partial charge in [0, 0.05) is 30.9 Å². The number of nitrogens with one attached hydrogen (secondary N) is 1. The van der Waals surface area contributed by atoms with Crippen molar-refractivity contribution in [3.8, 4) is 0 Å². The van der Waals surface area contributed by atoms with Crippen LogP contribution in [0.25, 0.3) is 0 Å². The Labute approximate surface area is 117 Å². The number of para-hydroxylation sites is 1. The molecule has 1 aliphatic rings. The molecule has 1 N–H and O–H groups in total. The summed E-state index contributed by atoms with van der Waals surface area (Å²) in [5.41, 5.74) is 2.80. The van der Waals surface area contributed by atoms with Gasteiger partial charge in [0.1, 0.15) is 0 Å². The molecule has 1 aliphatic heterocycles. The number of nitrogens with zero attached hydrogens (tertiary/aromatic N) is 2. The molecule has 0 radical (unpaired) electrons. The van der Waals surface area contributed by atoms with E-state index in [0.29, 0.717) is 12.1 Å². The second-order valence-corrected chi connectivity index (χ2v) is 5.73. The second kappa shape index (κ2) is 6.40. The van der Waals surface area contributed by atoms with Crippen molar-refractivity contribution in [2.45, 2.75) is 32.4 Å². The first kappa shape index (κ1) is 14.4. The zero-order valence-electron chi connectivity index (χ0n) is 12.7. The Morgan fingerprint density at radius 1 is 1.26 bits per heavy atom. The third-order valence-corrected chi connectivity index (χ3v) is 4.19. The smallest absolute Gasteiger partial charge is 0.0417 e. The van der Waals surface area contributed by atoms with Crippen LogP contribution in [0.5, 0.6) is 0 Å². The summed E-state index contributed by atoms with van der Waals surface area (Å²) in [6, 6.07) is 9.77. The number of rotatable bonds is 3. The number of anilines is 1. The van der Waals surface area contributed by atoms with Crippen molar-refractivity contribution in [2.75, 3.05) is 38.6 Å². The minimum atomic E-state index is 0.393. The maximum atomic E-state index is 3.36. The molecule has 3 heteroatoms. The molecular formula is C16H27N3. The van der Waals surface area contributed by atoms with Crippen molar-refractivity contribution < 1.29 is 0 Å². The summed E-state index contributed by atoms with van der Waals surface area (Å²) in [4.78, 5) is 5.02. The SMILES string of the molecule is CNC(C)c1ccccc1N1CCCN(C)CC1C. The molecule has 1 heterocycles. The third kappa shape index (κ3) is 3.28. The lowest BCUT2D eigenvalue weighted by molar-refractivity contribution is 0.337. The molecule has 0 spiro atoms. The Morgan fingerprint density at radius 2 is 2.00 bits per heavy atom. The molecule has 19 heavy (non-hydrogen) atoms. The number of likely N-dealkylation sites (N-methyl/N-ethyl adjacent to an activating group) is 1. The highest BCUT2D eigenvalue weighted by Gasteiger charge is 2.22. The van der Waals surface area contributed by atoms with Crippen LogP contribution in [-0.4, -0.2) is 44.7 Å². The van der Waals surface area contributed by atoms with Crippen molar-refractivity contribution in [3.63, 3.8) is 0 Å². The molecule has 106 valence electrons. The van der Waals surface area contributed by atoms with E-state index in [1.165, 1.54) is 24.2 Å². The fourth-order valence-corrected chi connectivity index (χ4v) is 3.00.